The predicted molar refractivity (Wildman–Crippen MR) is 140 cm³/mol. The quantitative estimate of drug-likeness (QED) is 0.480. The highest BCUT2D eigenvalue weighted by Gasteiger charge is 2.23. The zero-order valence-corrected chi connectivity index (χ0v) is 21.5. The zero-order chi connectivity index (χ0) is 24.9. The summed E-state index contributed by atoms with van der Waals surface area (Å²) in [6, 6.07) is 8.11. The summed E-state index contributed by atoms with van der Waals surface area (Å²) in [5.74, 6) is 0.159. The first-order valence-electron chi connectivity index (χ1n) is 12.2. The molecule has 1 fully saturated rings. The van der Waals surface area contributed by atoms with Gasteiger partial charge in [-0.25, -0.2) is 4.98 Å². The molecule has 3 heterocycles. The normalized spacial score (nSPS) is 14.4. The summed E-state index contributed by atoms with van der Waals surface area (Å²) in [5.41, 5.74) is 2.93. The van der Waals surface area contributed by atoms with Gasteiger partial charge in [0.05, 0.1) is 18.3 Å². The van der Waals surface area contributed by atoms with Crippen LogP contribution in [0.4, 0.5) is 0 Å². The van der Waals surface area contributed by atoms with Gasteiger partial charge >= 0.3 is 0 Å². The molecule has 1 aliphatic heterocycles. The van der Waals surface area contributed by atoms with E-state index < -0.39 is 0 Å². The molecule has 8 nitrogen and oxygen atoms in total. The number of hydrogen-bond donors (Lipinski definition) is 0. The Bertz CT molecular complexity index is 1240. The molecular formula is C26H33N5O3S. The van der Waals surface area contributed by atoms with Crippen LogP contribution >= 0.6 is 11.3 Å². The lowest BCUT2D eigenvalue weighted by atomic mass is 10.1. The SMILES string of the molecule is CCN(CC)C(=O)CN1CCN(C(=O)CCn2cnc3scc(-c4ccc(C)cc4)c3c2=O)CC1. The van der Waals surface area contributed by atoms with Crippen molar-refractivity contribution in [1.29, 1.82) is 0 Å². The first-order chi connectivity index (χ1) is 16.9. The van der Waals surface area contributed by atoms with Gasteiger partial charge in [0.2, 0.25) is 11.8 Å². The lowest BCUT2D eigenvalue weighted by molar-refractivity contribution is -0.135. The molecule has 2 aromatic heterocycles. The molecular weight excluding hydrogens is 462 g/mol. The van der Waals surface area contributed by atoms with E-state index in [1.807, 2.05) is 60.2 Å². The Kier molecular flexibility index (Phi) is 7.97. The van der Waals surface area contributed by atoms with E-state index in [0.717, 1.165) is 11.1 Å². The number of benzene rings is 1. The lowest BCUT2D eigenvalue weighted by Crippen LogP contribution is -2.51. The molecule has 35 heavy (non-hydrogen) atoms. The van der Waals surface area contributed by atoms with Crippen LogP contribution in [0.1, 0.15) is 25.8 Å². The minimum atomic E-state index is -0.112. The Morgan fingerprint density at radius 3 is 2.40 bits per heavy atom. The van der Waals surface area contributed by atoms with E-state index >= 15 is 0 Å². The number of aromatic nitrogens is 2. The van der Waals surface area contributed by atoms with Crippen molar-refractivity contribution in [3.05, 3.63) is 51.9 Å². The summed E-state index contributed by atoms with van der Waals surface area (Å²) in [5, 5.41) is 2.59. The fourth-order valence-electron chi connectivity index (χ4n) is 4.47. The van der Waals surface area contributed by atoms with Crippen LogP contribution in [-0.4, -0.2) is 81.9 Å². The highest BCUT2D eigenvalue weighted by atomic mass is 32.1. The highest BCUT2D eigenvalue weighted by molar-refractivity contribution is 7.17. The van der Waals surface area contributed by atoms with Crippen LogP contribution < -0.4 is 5.56 Å². The second-order valence-electron chi connectivity index (χ2n) is 8.91. The number of carbonyl (C=O) groups excluding carboxylic acids is 2. The Morgan fingerprint density at radius 1 is 1.06 bits per heavy atom. The van der Waals surface area contributed by atoms with Crippen LogP contribution in [0.15, 0.2) is 40.8 Å². The first kappa shape index (κ1) is 25.1. The van der Waals surface area contributed by atoms with Gasteiger partial charge in [-0.15, -0.1) is 11.3 Å². The molecule has 0 N–H and O–H groups in total. The number of thiophene rings is 1. The third-order valence-corrected chi connectivity index (χ3v) is 7.58. The van der Waals surface area contributed by atoms with Gasteiger partial charge in [-0.1, -0.05) is 29.8 Å². The van der Waals surface area contributed by atoms with Crippen molar-refractivity contribution in [3.63, 3.8) is 0 Å². The maximum atomic E-state index is 13.3. The molecule has 0 bridgehead atoms. The number of amides is 2. The maximum Gasteiger partial charge on any atom is 0.262 e. The Labute approximate surface area is 209 Å². The standard InChI is InChI=1S/C26H33N5O3S/c1-4-29(5-2)23(33)16-28-12-14-30(15-13-28)22(32)10-11-31-18-27-25-24(26(31)34)21(17-35-25)20-8-6-19(3)7-9-20/h6-9,17-18H,4-5,10-16H2,1-3H3. The van der Waals surface area contributed by atoms with E-state index in [0.29, 0.717) is 62.6 Å². The molecule has 3 aromatic rings. The van der Waals surface area contributed by atoms with E-state index in [9.17, 15) is 14.4 Å². The van der Waals surface area contributed by atoms with Crippen molar-refractivity contribution < 1.29 is 9.59 Å². The molecule has 0 aliphatic carbocycles. The van der Waals surface area contributed by atoms with Crippen molar-refractivity contribution in [2.45, 2.75) is 33.7 Å². The third-order valence-electron chi connectivity index (χ3n) is 6.69. The van der Waals surface area contributed by atoms with Crippen LogP contribution in [-0.2, 0) is 16.1 Å². The molecule has 0 radical (unpaired) electrons. The number of rotatable bonds is 8. The maximum absolute atomic E-state index is 13.3. The molecule has 0 spiro atoms. The van der Waals surface area contributed by atoms with Gasteiger partial charge in [-0.05, 0) is 26.3 Å². The summed E-state index contributed by atoms with van der Waals surface area (Å²) in [7, 11) is 0. The van der Waals surface area contributed by atoms with Crippen molar-refractivity contribution in [2.75, 3.05) is 45.8 Å². The number of aryl methyl sites for hydroxylation is 2. The second kappa shape index (κ2) is 11.1. The molecule has 1 aromatic carbocycles. The summed E-state index contributed by atoms with van der Waals surface area (Å²) in [6.07, 6.45) is 1.79. The fourth-order valence-corrected chi connectivity index (χ4v) is 5.38. The zero-order valence-electron chi connectivity index (χ0n) is 20.7. The van der Waals surface area contributed by atoms with Gasteiger partial charge in [0.25, 0.3) is 5.56 Å². The van der Waals surface area contributed by atoms with Gasteiger partial charge in [-0.3, -0.25) is 23.9 Å². The largest absolute Gasteiger partial charge is 0.342 e. The van der Waals surface area contributed by atoms with Crippen LogP contribution in [0.3, 0.4) is 0 Å². The monoisotopic (exact) mass is 495 g/mol. The minimum Gasteiger partial charge on any atom is -0.342 e. The molecule has 0 unspecified atom stereocenters. The van der Waals surface area contributed by atoms with Crippen molar-refractivity contribution in [3.8, 4) is 11.1 Å². The molecule has 4 rings (SSSR count). The van der Waals surface area contributed by atoms with E-state index in [2.05, 4.69) is 9.88 Å². The number of nitrogens with zero attached hydrogens (tertiary/aromatic N) is 5. The lowest BCUT2D eigenvalue weighted by Gasteiger charge is -2.35. The second-order valence-corrected chi connectivity index (χ2v) is 9.77. The average molecular weight is 496 g/mol. The van der Waals surface area contributed by atoms with Gasteiger partial charge < -0.3 is 9.80 Å². The highest BCUT2D eigenvalue weighted by Crippen LogP contribution is 2.30. The number of piperazine rings is 1. The minimum absolute atomic E-state index is 0.0239. The predicted octanol–water partition coefficient (Wildman–Crippen LogP) is 2.84. The Balaban J connectivity index is 1.37. The Hall–Kier alpha value is -3.04. The smallest absolute Gasteiger partial charge is 0.262 e. The average Bonchev–Trinajstić information content (AvgIpc) is 3.30. The molecule has 1 saturated heterocycles. The molecule has 1 aliphatic rings. The first-order valence-corrected chi connectivity index (χ1v) is 13.1. The fraction of sp³-hybridized carbons (Fsp3) is 0.462. The summed E-state index contributed by atoms with van der Waals surface area (Å²) in [6.45, 7) is 10.7. The van der Waals surface area contributed by atoms with Gasteiger partial charge in [0, 0.05) is 63.2 Å². The van der Waals surface area contributed by atoms with Crippen molar-refractivity contribution in [2.24, 2.45) is 0 Å². The summed E-state index contributed by atoms with van der Waals surface area (Å²) < 4.78 is 1.55. The van der Waals surface area contributed by atoms with Gasteiger partial charge in [0.15, 0.2) is 0 Å². The summed E-state index contributed by atoms with van der Waals surface area (Å²) in [4.78, 5) is 49.4. The van der Waals surface area contributed by atoms with Crippen LogP contribution in [0.25, 0.3) is 21.3 Å². The molecule has 0 atom stereocenters. The number of carbonyl (C=O) groups is 2. The van der Waals surface area contributed by atoms with Gasteiger partial charge in [0.1, 0.15) is 4.83 Å². The van der Waals surface area contributed by atoms with Crippen molar-refractivity contribution >= 4 is 33.4 Å². The van der Waals surface area contributed by atoms with E-state index in [1.165, 1.54) is 16.9 Å². The van der Waals surface area contributed by atoms with Crippen LogP contribution in [0.2, 0.25) is 0 Å². The van der Waals surface area contributed by atoms with E-state index in [-0.39, 0.29) is 23.8 Å². The molecule has 186 valence electrons. The topological polar surface area (TPSA) is 78.8 Å². The van der Waals surface area contributed by atoms with Gasteiger partial charge in [-0.2, -0.15) is 0 Å². The third kappa shape index (κ3) is 5.62. The molecule has 2 amide bonds. The van der Waals surface area contributed by atoms with Crippen molar-refractivity contribution in [1.82, 2.24) is 24.3 Å². The van der Waals surface area contributed by atoms with Crippen LogP contribution in [0, 0.1) is 6.92 Å². The Morgan fingerprint density at radius 2 is 1.74 bits per heavy atom. The number of likely N-dealkylation sites (N-methyl/N-ethyl adjacent to an activating group) is 1. The number of fused-ring (bicyclic) bond motifs is 1. The molecule has 0 saturated carbocycles. The summed E-state index contributed by atoms with van der Waals surface area (Å²) >= 11 is 1.46. The molecule has 9 heteroatoms. The number of hydrogen-bond acceptors (Lipinski definition) is 6. The van der Waals surface area contributed by atoms with Crippen LogP contribution in [0.5, 0.6) is 0 Å². The van der Waals surface area contributed by atoms with E-state index in [4.69, 9.17) is 0 Å². The van der Waals surface area contributed by atoms with E-state index in [1.54, 1.807) is 10.9 Å².